The number of aromatic nitrogens is 2. The quantitative estimate of drug-likeness (QED) is 0.823. The Labute approximate surface area is 126 Å². The molecule has 0 saturated heterocycles. The lowest BCUT2D eigenvalue weighted by Gasteiger charge is -2.29. The van der Waals surface area contributed by atoms with Crippen LogP contribution in [0.4, 0.5) is 0 Å². The molecular weight excluding hydrogens is 262 g/mol. The summed E-state index contributed by atoms with van der Waals surface area (Å²) in [5.74, 6) is 0.985. The number of hydrogen-bond acceptors (Lipinski definition) is 3. The van der Waals surface area contributed by atoms with Crippen LogP contribution < -0.4 is 5.32 Å². The summed E-state index contributed by atoms with van der Waals surface area (Å²) >= 11 is 0. The van der Waals surface area contributed by atoms with Gasteiger partial charge in [0.15, 0.2) is 0 Å². The predicted molar refractivity (Wildman–Crippen MR) is 85.5 cm³/mol. The molecule has 114 valence electrons. The van der Waals surface area contributed by atoms with Crippen LogP contribution >= 0.6 is 0 Å². The van der Waals surface area contributed by atoms with E-state index in [-0.39, 0.29) is 12.1 Å². The van der Waals surface area contributed by atoms with Gasteiger partial charge in [0, 0.05) is 24.4 Å². The second-order valence-corrected chi connectivity index (χ2v) is 5.71. The zero-order valence-corrected chi connectivity index (χ0v) is 13.1. The number of aryl methyl sites for hydroxylation is 1. The lowest BCUT2D eigenvalue weighted by molar-refractivity contribution is 0.214. The topological polar surface area (TPSA) is 50.1 Å². The first-order valence-corrected chi connectivity index (χ1v) is 7.54. The van der Waals surface area contributed by atoms with Crippen LogP contribution in [0.2, 0.25) is 0 Å². The highest BCUT2D eigenvalue weighted by Gasteiger charge is 2.21. The molecule has 0 saturated carbocycles. The van der Waals surface area contributed by atoms with Crippen LogP contribution in [-0.2, 0) is 6.54 Å². The summed E-state index contributed by atoms with van der Waals surface area (Å²) in [7, 11) is 0. The van der Waals surface area contributed by atoms with Crippen molar-refractivity contribution in [2.45, 2.75) is 45.7 Å². The summed E-state index contributed by atoms with van der Waals surface area (Å²) in [5.41, 5.74) is 2.22. The number of para-hydroxylation sites is 1. The van der Waals surface area contributed by atoms with Crippen LogP contribution in [0.25, 0.3) is 5.69 Å². The van der Waals surface area contributed by atoms with E-state index in [2.05, 4.69) is 40.8 Å². The van der Waals surface area contributed by atoms with E-state index in [1.165, 1.54) is 0 Å². The summed E-state index contributed by atoms with van der Waals surface area (Å²) in [6.07, 6.45) is 3.65. The average molecular weight is 287 g/mol. The number of nitrogens with one attached hydrogen (secondary N) is 1. The molecule has 4 heteroatoms. The number of rotatable bonds is 7. The number of aliphatic hydroxyl groups is 1. The van der Waals surface area contributed by atoms with Crippen LogP contribution in [0.5, 0.6) is 0 Å². The van der Waals surface area contributed by atoms with Crippen molar-refractivity contribution in [2.24, 2.45) is 0 Å². The Morgan fingerprint density at radius 1 is 1.29 bits per heavy atom. The van der Waals surface area contributed by atoms with Crippen molar-refractivity contribution in [1.29, 1.82) is 0 Å². The molecule has 0 amide bonds. The number of hydrogen-bond donors (Lipinski definition) is 2. The van der Waals surface area contributed by atoms with Crippen LogP contribution in [0, 0.1) is 6.92 Å². The summed E-state index contributed by atoms with van der Waals surface area (Å²) in [6.45, 7) is 7.25. The van der Waals surface area contributed by atoms with Gasteiger partial charge in [-0.15, -0.1) is 0 Å². The largest absolute Gasteiger partial charge is 0.396 e. The first kappa shape index (κ1) is 15.7. The molecule has 0 fully saturated rings. The van der Waals surface area contributed by atoms with Crippen LogP contribution in [0.1, 0.15) is 38.2 Å². The summed E-state index contributed by atoms with van der Waals surface area (Å²) < 4.78 is 2.17. The highest BCUT2D eigenvalue weighted by molar-refractivity contribution is 5.35. The number of imidazole rings is 1. The molecule has 21 heavy (non-hydrogen) atoms. The number of aliphatic hydroxyl groups excluding tert-OH is 1. The van der Waals surface area contributed by atoms with E-state index in [4.69, 9.17) is 0 Å². The highest BCUT2D eigenvalue weighted by Crippen LogP contribution is 2.18. The molecule has 0 aliphatic carbocycles. The lowest BCUT2D eigenvalue weighted by atomic mass is 9.95. The highest BCUT2D eigenvalue weighted by atomic mass is 16.3. The van der Waals surface area contributed by atoms with Gasteiger partial charge >= 0.3 is 0 Å². The van der Waals surface area contributed by atoms with E-state index in [1.807, 2.05) is 31.3 Å². The number of benzene rings is 1. The van der Waals surface area contributed by atoms with Crippen molar-refractivity contribution >= 4 is 0 Å². The molecule has 1 aromatic carbocycles. The fourth-order valence-corrected chi connectivity index (χ4v) is 2.49. The van der Waals surface area contributed by atoms with E-state index < -0.39 is 0 Å². The van der Waals surface area contributed by atoms with Gasteiger partial charge in [0.1, 0.15) is 5.82 Å². The van der Waals surface area contributed by atoms with Crippen molar-refractivity contribution in [3.63, 3.8) is 0 Å². The standard InChI is InChI=1S/C17H25N3O/c1-4-17(3,10-11-21)19-13-16-12-18-14(2)20(16)15-8-6-5-7-9-15/h5-9,12,19,21H,4,10-11,13H2,1-3H3. The van der Waals surface area contributed by atoms with Gasteiger partial charge in [-0.3, -0.25) is 4.57 Å². The van der Waals surface area contributed by atoms with E-state index in [0.717, 1.165) is 36.6 Å². The van der Waals surface area contributed by atoms with Crippen molar-refractivity contribution < 1.29 is 5.11 Å². The van der Waals surface area contributed by atoms with Crippen molar-refractivity contribution in [3.8, 4) is 5.69 Å². The molecule has 2 aromatic rings. The van der Waals surface area contributed by atoms with Gasteiger partial charge in [0.25, 0.3) is 0 Å². The van der Waals surface area contributed by atoms with Crippen molar-refractivity contribution in [2.75, 3.05) is 6.61 Å². The smallest absolute Gasteiger partial charge is 0.110 e. The molecule has 2 N–H and O–H groups in total. The van der Waals surface area contributed by atoms with E-state index in [1.54, 1.807) is 0 Å². The molecule has 0 radical (unpaired) electrons. The van der Waals surface area contributed by atoms with Crippen LogP contribution in [-0.4, -0.2) is 26.8 Å². The zero-order valence-electron chi connectivity index (χ0n) is 13.1. The SMILES string of the molecule is CCC(C)(CCO)NCc1cnc(C)n1-c1ccccc1. The maximum atomic E-state index is 9.21. The predicted octanol–water partition coefficient (Wildman–Crippen LogP) is 2.82. The maximum Gasteiger partial charge on any atom is 0.110 e. The minimum absolute atomic E-state index is 0.0472. The molecular formula is C17H25N3O. The van der Waals surface area contributed by atoms with Gasteiger partial charge in [-0.1, -0.05) is 25.1 Å². The van der Waals surface area contributed by atoms with Gasteiger partial charge in [0.05, 0.1) is 11.9 Å². The van der Waals surface area contributed by atoms with E-state index in [9.17, 15) is 5.11 Å². The number of nitrogens with zero attached hydrogens (tertiary/aromatic N) is 2. The Balaban J connectivity index is 2.19. The Kier molecular flexibility index (Phi) is 5.15. The fourth-order valence-electron chi connectivity index (χ4n) is 2.49. The van der Waals surface area contributed by atoms with Gasteiger partial charge in [-0.2, -0.15) is 0 Å². The molecule has 2 rings (SSSR count). The normalized spacial score (nSPS) is 14.1. The molecule has 4 nitrogen and oxygen atoms in total. The Morgan fingerprint density at radius 3 is 2.62 bits per heavy atom. The molecule has 1 atom stereocenters. The van der Waals surface area contributed by atoms with E-state index in [0.29, 0.717) is 0 Å². The van der Waals surface area contributed by atoms with Gasteiger partial charge in [-0.25, -0.2) is 4.98 Å². The minimum Gasteiger partial charge on any atom is -0.396 e. The monoisotopic (exact) mass is 287 g/mol. The third-order valence-electron chi connectivity index (χ3n) is 4.17. The zero-order chi connectivity index (χ0) is 15.3. The van der Waals surface area contributed by atoms with Crippen molar-refractivity contribution in [3.05, 3.63) is 48.0 Å². The van der Waals surface area contributed by atoms with Crippen LogP contribution in [0.3, 0.4) is 0 Å². The Bertz CT molecular complexity index is 565. The van der Waals surface area contributed by atoms with Crippen LogP contribution in [0.15, 0.2) is 36.5 Å². The summed E-state index contributed by atoms with van der Waals surface area (Å²) in [4.78, 5) is 4.44. The van der Waals surface area contributed by atoms with Gasteiger partial charge in [0.2, 0.25) is 0 Å². The Morgan fingerprint density at radius 2 is 2.00 bits per heavy atom. The third-order valence-corrected chi connectivity index (χ3v) is 4.17. The second kappa shape index (κ2) is 6.87. The lowest BCUT2D eigenvalue weighted by Crippen LogP contribution is -2.42. The van der Waals surface area contributed by atoms with E-state index >= 15 is 0 Å². The fraction of sp³-hybridized carbons (Fsp3) is 0.471. The average Bonchev–Trinajstić information content (AvgIpc) is 2.87. The maximum absolute atomic E-state index is 9.21. The molecule has 0 spiro atoms. The molecule has 0 aliphatic rings. The molecule has 1 heterocycles. The molecule has 0 aliphatic heterocycles. The first-order chi connectivity index (χ1) is 10.1. The van der Waals surface area contributed by atoms with Crippen molar-refractivity contribution in [1.82, 2.24) is 14.9 Å². The summed E-state index contributed by atoms with van der Waals surface area (Å²) in [6, 6.07) is 10.3. The molecule has 0 bridgehead atoms. The second-order valence-electron chi connectivity index (χ2n) is 5.71. The summed E-state index contributed by atoms with van der Waals surface area (Å²) in [5, 5.41) is 12.8. The van der Waals surface area contributed by atoms with Gasteiger partial charge in [-0.05, 0) is 38.8 Å². The Hall–Kier alpha value is -1.65. The molecule has 1 unspecified atom stereocenters. The van der Waals surface area contributed by atoms with Gasteiger partial charge < -0.3 is 10.4 Å². The third kappa shape index (κ3) is 3.71. The molecule has 1 aromatic heterocycles. The first-order valence-electron chi connectivity index (χ1n) is 7.54. The minimum atomic E-state index is -0.0472.